The van der Waals surface area contributed by atoms with E-state index in [1.54, 1.807) is 17.7 Å². The summed E-state index contributed by atoms with van der Waals surface area (Å²) in [6.07, 6.45) is 0.706. The fourth-order valence-corrected chi connectivity index (χ4v) is 2.60. The number of halogens is 2. The number of benzene rings is 1. The van der Waals surface area contributed by atoms with Gasteiger partial charge in [-0.25, -0.2) is 4.39 Å². The molecule has 0 saturated carbocycles. The fourth-order valence-electron chi connectivity index (χ4n) is 2.37. The molecular formula is C15H19ClFN3. The lowest BCUT2D eigenvalue weighted by Gasteiger charge is -2.18. The van der Waals surface area contributed by atoms with Crippen molar-refractivity contribution in [2.24, 2.45) is 7.05 Å². The van der Waals surface area contributed by atoms with E-state index in [0.29, 0.717) is 17.0 Å². The van der Waals surface area contributed by atoms with Gasteiger partial charge in [0.2, 0.25) is 0 Å². The first-order valence-electron chi connectivity index (χ1n) is 6.55. The number of aromatic nitrogens is 2. The number of hydrogen-bond acceptors (Lipinski definition) is 2. The van der Waals surface area contributed by atoms with Crippen molar-refractivity contribution >= 4 is 11.6 Å². The van der Waals surface area contributed by atoms with Crippen molar-refractivity contribution in [3.63, 3.8) is 0 Å². The molecule has 1 aromatic carbocycles. The van der Waals surface area contributed by atoms with E-state index in [4.69, 9.17) is 11.6 Å². The Morgan fingerprint density at radius 1 is 1.40 bits per heavy atom. The molecule has 20 heavy (non-hydrogen) atoms. The summed E-state index contributed by atoms with van der Waals surface area (Å²) in [6, 6.07) is 5.25. The number of likely N-dealkylation sites (N-methyl/N-ethyl adjacent to an activating group) is 1. The molecule has 2 rings (SSSR count). The van der Waals surface area contributed by atoms with Crippen LogP contribution in [0.25, 0.3) is 0 Å². The van der Waals surface area contributed by atoms with Gasteiger partial charge in [-0.2, -0.15) is 5.10 Å². The molecule has 1 atom stereocenters. The Hall–Kier alpha value is -1.39. The molecule has 108 valence electrons. The average Bonchev–Trinajstić information content (AvgIpc) is 2.65. The third kappa shape index (κ3) is 2.86. The Morgan fingerprint density at radius 2 is 2.10 bits per heavy atom. The molecule has 3 nitrogen and oxygen atoms in total. The van der Waals surface area contributed by atoms with E-state index in [0.717, 1.165) is 17.0 Å². The molecular weight excluding hydrogens is 277 g/mol. The van der Waals surface area contributed by atoms with Gasteiger partial charge in [0.15, 0.2) is 0 Å². The van der Waals surface area contributed by atoms with Crippen molar-refractivity contribution in [2.75, 3.05) is 7.05 Å². The van der Waals surface area contributed by atoms with Crippen molar-refractivity contribution < 1.29 is 4.39 Å². The zero-order chi connectivity index (χ0) is 14.9. The highest BCUT2D eigenvalue weighted by molar-refractivity contribution is 6.31. The van der Waals surface area contributed by atoms with Crippen molar-refractivity contribution in [2.45, 2.75) is 26.3 Å². The quantitative estimate of drug-likeness (QED) is 0.937. The maximum atomic E-state index is 13.4. The molecule has 1 unspecified atom stereocenters. The largest absolute Gasteiger partial charge is 0.313 e. The maximum absolute atomic E-state index is 13.4. The zero-order valence-electron chi connectivity index (χ0n) is 12.2. The Morgan fingerprint density at radius 3 is 2.60 bits per heavy atom. The SMILES string of the molecule is CNC(Cc1c(Cl)c(C)nn1C)c1ccc(F)c(C)c1. The molecule has 0 aliphatic carbocycles. The maximum Gasteiger partial charge on any atom is 0.126 e. The van der Waals surface area contributed by atoms with Crippen LogP contribution in [-0.2, 0) is 13.5 Å². The highest BCUT2D eigenvalue weighted by Gasteiger charge is 2.18. The van der Waals surface area contributed by atoms with E-state index in [1.807, 2.05) is 27.1 Å². The number of nitrogens with one attached hydrogen (secondary N) is 1. The van der Waals surface area contributed by atoms with E-state index in [2.05, 4.69) is 10.4 Å². The minimum atomic E-state index is -0.182. The summed E-state index contributed by atoms with van der Waals surface area (Å²) in [4.78, 5) is 0. The topological polar surface area (TPSA) is 29.9 Å². The summed E-state index contributed by atoms with van der Waals surface area (Å²) in [5.41, 5.74) is 3.50. The normalized spacial score (nSPS) is 12.7. The Kier molecular flexibility index (Phi) is 4.45. The van der Waals surface area contributed by atoms with Crippen molar-refractivity contribution in [1.82, 2.24) is 15.1 Å². The van der Waals surface area contributed by atoms with E-state index in [-0.39, 0.29) is 11.9 Å². The van der Waals surface area contributed by atoms with Gasteiger partial charge in [-0.1, -0.05) is 23.7 Å². The summed E-state index contributed by atoms with van der Waals surface area (Å²) in [6.45, 7) is 3.66. The molecule has 0 radical (unpaired) electrons. The minimum Gasteiger partial charge on any atom is -0.313 e. The summed E-state index contributed by atoms with van der Waals surface area (Å²) in [5, 5.41) is 8.28. The smallest absolute Gasteiger partial charge is 0.126 e. The molecule has 0 fully saturated rings. The van der Waals surface area contributed by atoms with Gasteiger partial charge >= 0.3 is 0 Å². The van der Waals surface area contributed by atoms with Crippen LogP contribution in [0.1, 0.15) is 28.6 Å². The van der Waals surface area contributed by atoms with Gasteiger partial charge in [0.25, 0.3) is 0 Å². The lowest BCUT2D eigenvalue weighted by atomic mass is 10.00. The molecule has 0 spiro atoms. The lowest BCUT2D eigenvalue weighted by molar-refractivity contribution is 0.557. The second-order valence-corrected chi connectivity index (χ2v) is 5.40. The Balaban J connectivity index is 2.31. The molecule has 5 heteroatoms. The van der Waals surface area contributed by atoms with Crippen molar-refractivity contribution in [1.29, 1.82) is 0 Å². The number of nitrogens with zero attached hydrogens (tertiary/aromatic N) is 2. The Labute approximate surface area is 123 Å². The first-order chi connectivity index (χ1) is 9.43. The van der Waals surface area contributed by atoms with Gasteiger partial charge in [0.1, 0.15) is 5.82 Å². The molecule has 0 aliphatic heterocycles. The van der Waals surface area contributed by atoms with Crippen LogP contribution in [0.3, 0.4) is 0 Å². The van der Waals surface area contributed by atoms with Crippen LogP contribution in [0.5, 0.6) is 0 Å². The van der Waals surface area contributed by atoms with E-state index >= 15 is 0 Å². The van der Waals surface area contributed by atoms with Crippen LogP contribution in [0.2, 0.25) is 5.02 Å². The predicted octanol–water partition coefficient (Wildman–Crippen LogP) is 3.33. The molecule has 0 bridgehead atoms. The van der Waals surface area contributed by atoms with Crippen LogP contribution >= 0.6 is 11.6 Å². The van der Waals surface area contributed by atoms with Gasteiger partial charge < -0.3 is 5.32 Å². The Bertz CT molecular complexity index is 622. The molecule has 0 amide bonds. The molecule has 1 aromatic heterocycles. The third-order valence-corrected chi connectivity index (χ3v) is 4.08. The van der Waals surface area contributed by atoms with Crippen LogP contribution in [0.15, 0.2) is 18.2 Å². The first-order valence-corrected chi connectivity index (χ1v) is 6.93. The van der Waals surface area contributed by atoms with Gasteiger partial charge in [0.05, 0.1) is 16.4 Å². The standard InChI is InChI=1S/C15H19ClFN3/c1-9-7-11(5-6-12(9)17)13(18-3)8-14-15(16)10(2)19-20(14)4/h5-7,13,18H,8H2,1-4H3. The highest BCUT2D eigenvalue weighted by atomic mass is 35.5. The van der Waals surface area contributed by atoms with Gasteiger partial charge in [-0.15, -0.1) is 0 Å². The van der Waals surface area contributed by atoms with Gasteiger partial charge in [-0.05, 0) is 38.1 Å². The monoisotopic (exact) mass is 295 g/mol. The van der Waals surface area contributed by atoms with Crippen molar-refractivity contribution in [3.05, 3.63) is 51.6 Å². The van der Waals surface area contributed by atoms with Gasteiger partial charge in [0, 0.05) is 19.5 Å². The second kappa shape index (κ2) is 5.94. The summed E-state index contributed by atoms with van der Waals surface area (Å²) in [5.74, 6) is -0.182. The first kappa shape index (κ1) is 15.0. The summed E-state index contributed by atoms with van der Waals surface area (Å²) >= 11 is 6.29. The molecule has 0 aliphatic rings. The molecule has 1 N–H and O–H groups in total. The minimum absolute atomic E-state index is 0.0709. The van der Waals surface area contributed by atoms with E-state index < -0.39 is 0 Å². The van der Waals surface area contributed by atoms with Crippen LogP contribution in [-0.4, -0.2) is 16.8 Å². The average molecular weight is 296 g/mol. The van der Waals surface area contributed by atoms with Crippen LogP contribution < -0.4 is 5.32 Å². The highest BCUT2D eigenvalue weighted by Crippen LogP contribution is 2.26. The molecule has 1 heterocycles. The third-order valence-electron chi connectivity index (χ3n) is 3.59. The van der Waals surface area contributed by atoms with Crippen LogP contribution in [0, 0.1) is 19.7 Å². The second-order valence-electron chi connectivity index (χ2n) is 5.02. The molecule has 0 saturated heterocycles. The van der Waals surface area contributed by atoms with E-state index in [1.165, 1.54) is 6.07 Å². The lowest BCUT2D eigenvalue weighted by Crippen LogP contribution is -2.20. The van der Waals surface area contributed by atoms with Crippen LogP contribution in [0.4, 0.5) is 4.39 Å². The summed E-state index contributed by atoms with van der Waals surface area (Å²) < 4.78 is 15.2. The van der Waals surface area contributed by atoms with E-state index in [9.17, 15) is 4.39 Å². The predicted molar refractivity (Wildman–Crippen MR) is 79.6 cm³/mol. The zero-order valence-corrected chi connectivity index (χ0v) is 12.9. The van der Waals surface area contributed by atoms with Gasteiger partial charge in [-0.3, -0.25) is 4.68 Å². The number of hydrogen-bond donors (Lipinski definition) is 1. The summed E-state index contributed by atoms with van der Waals surface area (Å²) in [7, 11) is 3.78. The number of rotatable bonds is 4. The molecule has 2 aromatic rings. The van der Waals surface area contributed by atoms with Crippen molar-refractivity contribution in [3.8, 4) is 0 Å². The fraction of sp³-hybridized carbons (Fsp3) is 0.400. The number of aryl methyl sites for hydroxylation is 3.